The first kappa shape index (κ1) is 15.6. The van der Waals surface area contributed by atoms with Crippen LogP contribution in [0.3, 0.4) is 0 Å². The van der Waals surface area contributed by atoms with Crippen LogP contribution in [0.25, 0.3) is 0 Å². The summed E-state index contributed by atoms with van der Waals surface area (Å²) in [5.41, 5.74) is 1.28. The Bertz CT molecular complexity index is 665. The van der Waals surface area contributed by atoms with Crippen LogP contribution in [0.1, 0.15) is 41.5 Å². The number of anilines is 1. The number of ether oxygens (including phenoxy) is 1. The Labute approximate surface area is 127 Å². The number of aromatic carboxylic acids is 1. The summed E-state index contributed by atoms with van der Waals surface area (Å²) in [5, 5.41) is 17.9. The molecule has 116 valence electrons. The number of rotatable bonds is 5. The summed E-state index contributed by atoms with van der Waals surface area (Å²) in [5.74, 6) is -1.24. The molecule has 1 aromatic heterocycles. The predicted molar refractivity (Wildman–Crippen MR) is 79.9 cm³/mol. The van der Waals surface area contributed by atoms with E-state index in [1.165, 1.54) is 0 Å². The van der Waals surface area contributed by atoms with E-state index in [4.69, 9.17) is 9.84 Å². The Morgan fingerprint density at radius 2 is 2.00 bits per heavy atom. The first-order chi connectivity index (χ1) is 10.5. The van der Waals surface area contributed by atoms with Gasteiger partial charge in [-0.25, -0.2) is 9.59 Å². The molecule has 0 saturated carbocycles. The molecule has 3 N–H and O–H groups in total. The van der Waals surface area contributed by atoms with Crippen molar-refractivity contribution in [3.05, 3.63) is 47.3 Å². The van der Waals surface area contributed by atoms with E-state index in [2.05, 4.69) is 15.5 Å². The van der Waals surface area contributed by atoms with E-state index >= 15 is 0 Å². The number of nitrogens with one attached hydrogen (secondary N) is 2. The van der Waals surface area contributed by atoms with Gasteiger partial charge in [0.25, 0.3) is 0 Å². The Balaban J connectivity index is 2.07. The average Bonchev–Trinajstić information content (AvgIpc) is 2.90. The summed E-state index contributed by atoms with van der Waals surface area (Å²) in [6, 6.07) is 9.20. The zero-order valence-electron chi connectivity index (χ0n) is 12.3. The lowest BCUT2D eigenvalue weighted by Crippen LogP contribution is -2.16. The fraction of sp³-hybridized carbons (Fsp3) is 0.267. The molecule has 7 nitrogen and oxygen atoms in total. The number of nitrogens with zero attached hydrogens (tertiary/aromatic N) is 1. The zero-order chi connectivity index (χ0) is 16.1. The summed E-state index contributed by atoms with van der Waals surface area (Å²) in [6.07, 6.45) is -0.727. The number of hydrogen-bond donors (Lipinski definition) is 3. The molecule has 0 radical (unpaired) electrons. The molecule has 1 aromatic carbocycles. The summed E-state index contributed by atoms with van der Waals surface area (Å²) >= 11 is 0. The van der Waals surface area contributed by atoms with E-state index < -0.39 is 12.1 Å². The molecule has 0 atom stereocenters. The van der Waals surface area contributed by atoms with Gasteiger partial charge in [-0.15, -0.1) is 0 Å². The largest absolute Gasteiger partial charge is 0.476 e. The molecule has 0 aliphatic carbocycles. The number of carboxylic acids is 1. The van der Waals surface area contributed by atoms with Crippen LogP contribution in [0, 0.1) is 0 Å². The summed E-state index contributed by atoms with van der Waals surface area (Å²) < 4.78 is 5.09. The second kappa shape index (κ2) is 6.75. The summed E-state index contributed by atoms with van der Waals surface area (Å²) in [6.45, 7) is 3.82. The highest BCUT2D eigenvalue weighted by Crippen LogP contribution is 2.25. The van der Waals surface area contributed by atoms with Gasteiger partial charge in [-0.05, 0) is 11.5 Å². The van der Waals surface area contributed by atoms with Crippen molar-refractivity contribution >= 4 is 17.7 Å². The molecule has 7 heteroatoms. The number of aromatic amines is 1. The third kappa shape index (κ3) is 3.63. The molecular weight excluding hydrogens is 286 g/mol. The number of carbonyl (C=O) groups is 2. The number of carbonyl (C=O) groups excluding carboxylic acids is 1. The van der Waals surface area contributed by atoms with Crippen molar-refractivity contribution < 1.29 is 19.4 Å². The number of H-pyrrole nitrogens is 1. The third-order valence-corrected chi connectivity index (χ3v) is 3.01. The summed E-state index contributed by atoms with van der Waals surface area (Å²) in [7, 11) is 0. The van der Waals surface area contributed by atoms with Crippen LogP contribution in [0.15, 0.2) is 30.3 Å². The normalized spacial score (nSPS) is 10.5. The maximum Gasteiger partial charge on any atom is 0.412 e. The smallest absolute Gasteiger partial charge is 0.412 e. The highest BCUT2D eigenvalue weighted by atomic mass is 16.5. The van der Waals surface area contributed by atoms with Gasteiger partial charge in [0.05, 0.1) is 5.69 Å². The molecule has 22 heavy (non-hydrogen) atoms. The molecule has 0 fully saturated rings. The molecule has 0 aliphatic heterocycles. The van der Waals surface area contributed by atoms with Crippen LogP contribution >= 0.6 is 0 Å². The van der Waals surface area contributed by atoms with E-state index in [1.54, 1.807) is 0 Å². The van der Waals surface area contributed by atoms with E-state index in [0.29, 0.717) is 5.69 Å². The van der Waals surface area contributed by atoms with Gasteiger partial charge in [0.15, 0.2) is 5.69 Å². The van der Waals surface area contributed by atoms with Crippen LogP contribution in [-0.2, 0) is 11.3 Å². The topological polar surface area (TPSA) is 104 Å². The highest BCUT2D eigenvalue weighted by Gasteiger charge is 2.22. The third-order valence-electron chi connectivity index (χ3n) is 3.01. The van der Waals surface area contributed by atoms with Gasteiger partial charge >= 0.3 is 12.1 Å². The first-order valence-electron chi connectivity index (χ1n) is 6.78. The SMILES string of the molecule is CC(C)c1[nH]nc(C(=O)O)c1NC(=O)OCc1ccccc1. The van der Waals surface area contributed by atoms with Crippen molar-refractivity contribution in [3.63, 3.8) is 0 Å². The molecule has 2 rings (SSSR count). The summed E-state index contributed by atoms with van der Waals surface area (Å²) in [4.78, 5) is 23.0. The molecule has 2 aromatic rings. The highest BCUT2D eigenvalue weighted by molar-refractivity contribution is 5.98. The molecule has 0 unspecified atom stereocenters. The molecule has 0 bridgehead atoms. The minimum atomic E-state index is -1.22. The minimum absolute atomic E-state index is 0.0231. The van der Waals surface area contributed by atoms with Crippen molar-refractivity contribution in [2.24, 2.45) is 0 Å². The Kier molecular flexibility index (Phi) is 4.77. The first-order valence-corrected chi connectivity index (χ1v) is 6.78. The lowest BCUT2D eigenvalue weighted by atomic mass is 10.1. The van der Waals surface area contributed by atoms with Crippen molar-refractivity contribution in [1.29, 1.82) is 0 Å². The van der Waals surface area contributed by atoms with Gasteiger partial charge in [0, 0.05) is 0 Å². The van der Waals surface area contributed by atoms with Gasteiger partial charge in [-0.2, -0.15) is 5.10 Å². The van der Waals surface area contributed by atoms with Crippen LogP contribution in [0.5, 0.6) is 0 Å². The molecular formula is C15H17N3O4. The van der Waals surface area contributed by atoms with Crippen LogP contribution in [0.2, 0.25) is 0 Å². The minimum Gasteiger partial charge on any atom is -0.476 e. The number of benzene rings is 1. The molecule has 0 saturated heterocycles. The van der Waals surface area contributed by atoms with Crippen molar-refractivity contribution in [3.8, 4) is 0 Å². The average molecular weight is 303 g/mol. The van der Waals surface area contributed by atoms with Gasteiger partial charge in [-0.1, -0.05) is 44.2 Å². The van der Waals surface area contributed by atoms with Gasteiger partial charge in [0.1, 0.15) is 12.3 Å². The molecule has 1 amide bonds. The van der Waals surface area contributed by atoms with Gasteiger partial charge < -0.3 is 9.84 Å². The molecule has 0 spiro atoms. The second-order valence-electron chi connectivity index (χ2n) is 5.01. The standard InChI is InChI=1S/C15H17N3O4/c1-9(2)11-12(13(14(19)20)18-17-11)16-15(21)22-8-10-6-4-3-5-7-10/h3-7,9H,8H2,1-2H3,(H,16,21)(H,17,18)(H,19,20). The number of carboxylic acid groups (broad SMARTS) is 1. The quantitative estimate of drug-likeness (QED) is 0.787. The van der Waals surface area contributed by atoms with Crippen LogP contribution in [0.4, 0.5) is 10.5 Å². The van der Waals surface area contributed by atoms with Crippen molar-refractivity contribution in [2.75, 3.05) is 5.32 Å². The maximum absolute atomic E-state index is 11.9. The van der Waals surface area contributed by atoms with Gasteiger partial charge in [0.2, 0.25) is 0 Å². The fourth-order valence-electron chi connectivity index (χ4n) is 1.92. The number of amides is 1. The van der Waals surface area contributed by atoms with Gasteiger partial charge in [-0.3, -0.25) is 10.4 Å². The zero-order valence-corrected chi connectivity index (χ0v) is 12.3. The van der Waals surface area contributed by atoms with E-state index in [1.807, 2.05) is 44.2 Å². The predicted octanol–water partition coefficient (Wildman–Crippen LogP) is 2.98. The fourth-order valence-corrected chi connectivity index (χ4v) is 1.92. The maximum atomic E-state index is 11.9. The Morgan fingerprint density at radius 1 is 1.32 bits per heavy atom. The Hall–Kier alpha value is -2.83. The second-order valence-corrected chi connectivity index (χ2v) is 5.01. The van der Waals surface area contributed by atoms with Crippen LogP contribution in [-0.4, -0.2) is 27.4 Å². The van der Waals surface area contributed by atoms with Crippen molar-refractivity contribution in [1.82, 2.24) is 10.2 Å². The lowest BCUT2D eigenvalue weighted by Gasteiger charge is -2.10. The van der Waals surface area contributed by atoms with E-state index in [0.717, 1.165) is 5.56 Å². The molecule has 0 aliphatic rings. The van der Waals surface area contributed by atoms with Crippen molar-refractivity contribution in [2.45, 2.75) is 26.4 Å². The Morgan fingerprint density at radius 3 is 2.59 bits per heavy atom. The van der Waals surface area contributed by atoms with E-state index in [9.17, 15) is 9.59 Å². The lowest BCUT2D eigenvalue weighted by molar-refractivity contribution is 0.0691. The number of hydrogen-bond acceptors (Lipinski definition) is 4. The van der Waals surface area contributed by atoms with E-state index in [-0.39, 0.29) is 23.9 Å². The number of aromatic nitrogens is 2. The molecule has 1 heterocycles. The monoisotopic (exact) mass is 303 g/mol. The van der Waals surface area contributed by atoms with Crippen LogP contribution < -0.4 is 5.32 Å².